The second kappa shape index (κ2) is 4.96. The van der Waals surface area contributed by atoms with E-state index in [1.807, 2.05) is 6.92 Å². The Morgan fingerprint density at radius 1 is 1.59 bits per heavy atom. The quantitative estimate of drug-likeness (QED) is 0.737. The van der Waals surface area contributed by atoms with Crippen LogP contribution in [0, 0.1) is 0 Å². The maximum absolute atomic E-state index is 12.3. The van der Waals surface area contributed by atoms with Crippen molar-refractivity contribution in [3.05, 3.63) is 12.5 Å². The largest absolute Gasteiger partial charge is 0.336 e. The molecule has 0 N–H and O–H groups in total. The lowest BCUT2D eigenvalue weighted by Crippen LogP contribution is -2.35. The Balaban J connectivity index is 2.26. The minimum Gasteiger partial charge on any atom is -0.336 e. The van der Waals surface area contributed by atoms with Gasteiger partial charge in [0.05, 0.1) is 6.33 Å². The van der Waals surface area contributed by atoms with Crippen LogP contribution in [0.2, 0.25) is 0 Å². The van der Waals surface area contributed by atoms with E-state index >= 15 is 0 Å². The highest BCUT2D eigenvalue weighted by atomic mass is 35.5. The summed E-state index contributed by atoms with van der Waals surface area (Å²) in [7, 11) is -3.47. The first-order valence-corrected chi connectivity index (χ1v) is 7.66. The van der Waals surface area contributed by atoms with Gasteiger partial charge >= 0.3 is 0 Å². The Kier molecular flexibility index (Phi) is 3.75. The van der Waals surface area contributed by atoms with Crippen LogP contribution in [0.1, 0.15) is 19.8 Å². The van der Waals surface area contributed by atoms with E-state index in [1.54, 1.807) is 17.1 Å². The van der Waals surface area contributed by atoms with Crippen LogP contribution in [0.5, 0.6) is 0 Å². The number of rotatable bonds is 6. The van der Waals surface area contributed by atoms with Crippen molar-refractivity contribution in [3.8, 4) is 0 Å². The van der Waals surface area contributed by atoms with Crippen LogP contribution in [0.3, 0.4) is 0 Å². The molecule has 1 aliphatic carbocycles. The molecule has 17 heavy (non-hydrogen) atoms. The van der Waals surface area contributed by atoms with Crippen molar-refractivity contribution in [2.75, 3.05) is 12.4 Å². The van der Waals surface area contributed by atoms with Crippen LogP contribution in [0.4, 0.5) is 0 Å². The fourth-order valence-electron chi connectivity index (χ4n) is 1.71. The summed E-state index contributed by atoms with van der Waals surface area (Å²) in [5.41, 5.74) is 0. The van der Waals surface area contributed by atoms with Gasteiger partial charge in [-0.2, -0.15) is 4.31 Å². The van der Waals surface area contributed by atoms with Gasteiger partial charge in [-0.15, -0.1) is 11.6 Å². The maximum Gasteiger partial charge on any atom is 0.262 e. The third kappa shape index (κ3) is 2.64. The average molecular weight is 278 g/mol. The Labute approximate surface area is 106 Å². The van der Waals surface area contributed by atoms with Gasteiger partial charge in [0.2, 0.25) is 0 Å². The van der Waals surface area contributed by atoms with Gasteiger partial charge in [-0.3, -0.25) is 0 Å². The minimum atomic E-state index is -3.47. The van der Waals surface area contributed by atoms with Gasteiger partial charge in [0.1, 0.15) is 0 Å². The van der Waals surface area contributed by atoms with Crippen molar-refractivity contribution in [1.82, 2.24) is 13.9 Å². The van der Waals surface area contributed by atoms with Crippen molar-refractivity contribution in [3.63, 3.8) is 0 Å². The molecule has 96 valence electrons. The molecule has 0 aromatic carbocycles. The predicted octanol–water partition coefficient (Wildman–Crippen LogP) is 1.29. The third-order valence-corrected chi connectivity index (χ3v) is 4.81. The number of aryl methyl sites for hydroxylation is 1. The zero-order valence-electron chi connectivity index (χ0n) is 9.71. The third-order valence-electron chi connectivity index (χ3n) is 2.81. The molecule has 1 aromatic heterocycles. The van der Waals surface area contributed by atoms with Crippen molar-refractivity contribution >= 4 is 21.6 Å². The minimum absolute atomic E-state index is 0.116. The summed E-state index contributed by atoms with van der Waals surface area (Å²) in [6.07, 6.45) is 4.95. The molecular formula is C10H16ClN3O2S. The number of aromatic nitrogens is 2. The van der Waals surface area contributed by atoms with Gasteiger partial charge in [0, 0.05) is 31.2 Å². The molecule has 5 nitrogen and oxygen atoms in total. The molecule has 0 spiro atoms. The summed E-state index contributed by atoms with van der Waals surface area (Å²) in [5, 5.41) is 0.122. The van der Waals surface area contributed by atoms with Crippen molar-refractivity contribution in [2.24, 2.45) is 0 Å². The molecule has 1 aromatic rings. The highest BCUT2D eigenvalue weighted by Crippen LogP contribution is 2.31. The SMILES string of the molecule is CCn1cnc(S(=O)(=O)N(CCCl)C2CC2)c1. The van der Waals surface area contributed by atoms with Crippen LogP contribution >= 0.6 is 11.6 Å². The van der Waals surface area contributed by atoms with Crippen molar-refractivity contribution in [2.45, 2.75) is 37.4 Å². The molecule has 0 atom stereocenters. The highest BCUT2D eigenvalue weighted by Gasteiger charge is 2.38. The summed E-state index contributed by atoms with van der Waals surface area (Å²) in [6.45, 7) is 3.00. The fourth-order valence-corrected chi connectivity index (χ4v) is 3.62. The molecule has 0 saturated heterocycles. The molecule has 1 saturated carbocycles. The molecule has 0 radical (unpaired) electrons. The number of imidazole rings is 1. The van der Waals surface area contributed by atoms with Crippen LogP contribution in [-0.2, 0) is 16.6 Å². The monoisotopic (exact) mass is 277 g/mol. The van der Waals surface area contributed by atoms with Crippen LogP contribution in [0.25, 0.3) is 0 Å². The van der Waals surface area contributed by atoms with E-state index in [2.05, 4.69) is 4.98 Å². The van der Waals surface area contributed by atoms with Crippen LogP contribution < -0.4 is 0 Å². The summed E-state index contributed by atoms with van der Waals surface area (Å²) in [6, 6.07) is 0.116. The zero-order chi connectivity index (χ0) is 12.5. The summed E-state index contributed by atoms with van der Waals surface area (Å²) < 4.78 is 27.9. The van der Waals surface area contributed by atoms with E-state index in [4.69, 9.17) is 11.6 Å². The van der Waals surface area contributed by atoms with Crippen LogP contribution in [0.15, 0.2) is 17.6 Å². The molecule has 2 rings (SSSR count). The molecule has 0 unspecified atom stereocenters. The Bertz CT molecular complexity index is 481. The highest BCUT2D eigenvalue weighted by molar-refractivity contribution is 7.89. The first kappa shape index (κ1) is 12.9. The number of alkyl halides is 1. The van der Waals surface area contributed by atoms with Gasteiger partial charge in [0.15, 0.2) is 5.03 Å². The normalized spacial score (nSPS) is 16.6. The molecule has 7 heteroatoms. The smallest absolute Gasteiger partial charge is 0.262 e. The number of halogens is 1. The summed E-state index contributed by atoms with van der Waals surface area (Å²) in [4.78, 5) is 3.96. The molecule has 1 heterocycles. The van der Waals surface area contributed by atoms with Gasteiger partial charge in [-0.05, 0) is 19.8 Å². The second-order valence-corrected chi connectivity index (χ2v) is 6.29. The first-order valence-electron chi connectivity index (χ1n) is 5.69. The number of nitrogens with zero attached hydrogens (tertiary/aromatic N) is 3. The van der Waals surface area contributed by atoms with E-state index in [9.17, 15) is 8.42 Å². The fraction of sp³-hybridized carbons (Fsp3) is 0.700. The number of sulfonamides is 1. The van der Waals surface area contributed by atoms with Gasteiger partial charge < -0.3 is 4.57 Å². The van der Waals surface area contributed by atoms with Gasteiger partial charge in [-0.1, -0.05) is 0 Å². The van der Waals surface area contributed by atoms with Crippen LogP contribution in [-0.4, -0.2) is 40.7 Å². The van der Waals surface area contributed by atoms with E-state index in [0.717, 1.165) is 12.8 Å². The summed E-state index contributed by atoms with van der Waals surface area (Å²) in [5.74, 6) is 0.310. The van der Waals surface area contributed by atoms with Gasteiger partial charge in [-0.25, -0.2) is 13.4 Å². The molecular weight excluding hydrogens is 262 g/mol. The standard InChI is InChI=1S/C10H16ClN3O2S/c1-2-13-7-10(12-8-13)17(15,16)14(6-5-11)9-3-4-9/h7-9H,2-6H2,1H3. The Hall–Kier alpha value is -0.590. The van der Waals surface area contributed by atoms with Gasteiger partial charge in [0.25, 0.3) is 10.0 Å². The second-order valence-electron chi connectivity index (χ2n) is 4.08. The van der Waals surface area contributed by atoms with E-state index in [-0.39, 0.29) is 11.1 Å². The lowest BCUT2D eigenvalue weighted by atomic mass is 10.6. The molecule has 0 bridgehead atoms. The van der Waals surface area contributed by atoms with E-state index in [0.29, 0.717) is 19.0 Å². The molecule has 1 aliphatic rings. The summed E-state index contributed by atoms with van der Waals surface area (Å²) >= 11 is 5.66. The number of hydrogen-bond acceptors (Lipinski definition) is 3. The molecule has 0 aliphatic heterocycles. The molecule has 1 fully saturated rings. The first-order chi connectivity index (χ1) is 8.09. The average Bonchev–Trinajstić information content (AvgIpc) is 3.01. The topological polar surface area (TPSA) is 55.2 Å². The predicted molar refractivity (Wildman–Crippen MR) is 65.5 cm³/mol. The molecule has 0 amide bonds. The maximum atomic E-state index is 12.3. The number of hydrogen-bond donors (Lipinski definition) is 0. The van der Waals surface area contributed by atoms with E-state index < -0.39 is 10.0 Å². The van der Waals surface area contributed by atoms with Crippen molar-refractivity contribution < 1.29 is 8.42 Å². The lowest BCUT2D eigenvalue weighted by molar-refractivity contribution is 0.420. The Morgan fingerprint density at radius 3 is 2.76 bits per heavy atom. The lowest BCUT2D eigenvalue weighted by Gasteiger charge is -2.19. The Morgan fingerprint density at radius 2 is 2.29 bits per heavy atom. The zero-order valence-corrected chi connectivity index (χ0v) is 11.3. The van der Waals surface area contributed by atoms with E-state index in [1.165, 1.54) is 4.31 Å². The van der Waals surface area contributed by atoms with Crippen molar-refractivity contribution in [1.29, 1.82) is 0 Å².